The summed E-state index contributed by atoms with van der Waals surface area (Å²) in [5.74, 6) is -0.712. The lowest BCUT2D eigenvalue weighted by Gasteiger charge is -2.25. The van der Waals surface area contributed by atoms with Gasteiger partial charge in [0.25, 0.3) is 11.8 Å². The lowest BCUT2D eigenvalue weighted by Crippen LogP contribution is -2.37. The number of amides is 2. The highest BCUT2D eigenvalue weighted by Gasteiger charge is 2.42. The van der Waals surface area contributed by atoms with Gasteiger partial charge >= 0.3 is 0 Å². The maximum Gasteiger partial charge on any atom is 0.282 e. The maximum absolute atomic E-state index is 13.6. The molecule has 176 valence electrons. The summed E-state index contributed by atoms with van der Waals surface area (Å²) >= 11 is 0. The topological polar surface area (TPSA) is 68.3 Å². The molecule has 0 fully saturated rings. The predicted octanol–water partition coefficient (Wildman–Crippen LogP) is 3.49. The third-order valence-electron chi connectivity index (χ3n) is 5.11. The summed E-state index contributed by atoms with van der Waals surface area (Å²) < 4.78 is 29.7. The first-order valence-corrected chi connectivity index (χ1v) is 10.8. The third kappa shape index (κ3) is 5.58. The van der Waals surface area contributed by atoms with Gasteiger partial charge in [0, 0.05) is 27.3 Å². The van der Waals surface area contributed by atoms with E-state index in [9.17, 15) is 14.0 Å². The van der Waals surface area contributed by atoms with E-state index in [0.717, 1.165) is 4.90 Å². The zero-order valence-corrected chi connectivity index (χ0v) is 19.3. The molecule has 33 heavy (non-hydrogen) atoms. The number of halogens is 1. The van der Waals surface area contributed by atoms with Crippen LogP contribution in [0.5, 0.6) is 5.75 Å². The third-order valence-corrected chi connectivity index (χ3v) is 5.11. The van der Waals surface area contributed by atoms with Crippen LogP contribution in [-0.2, 0) is 19.1 Å². The minimum atomic E-state index is -0.473. The van der Waals surface area contributed by atoms with Crippen LogP contribution >= 0.6 is 0 Å². The van der Waals surface area contributed by atoms with Crippen LogP contribution in [0, 0.1) is 5.82 Å². The first-order chi connectivity index (χ1) is 15.9. The molecule has 3 rings (SSSR count). The van der Waals surface area contributed by atoms with Gasteiger partial charge in [-0.25, -0.2) is 9.29 Å². The number of carbonyl (C=O) groups is 2. The zero-order chi connectivity index (χ0) is 24.0. The SMILES string of the molecule is COCCN(CCOC)C1=C(c2ccc(F)cc2)C(=O)N(c2ccc(OC(C)C)cc2)C1=O. The van der Waals surface area contributed by atoms with Crippen LogP contribution in [0.2, 0.25) is 0 Å². The summed E-state index contributed by atoms with van der Waals surface area (Å²) in [4.78, 5) is 30.1. The van der Waals surface area contributed by atoms with Gasteiger partial charge in [0.15, 0.2) is 0 Å². The quantitative estimate of drug-likeness (QED) is 0.482. The molecule has 0 aromatic heterocycles. The highest BCUT2D eigenvalue weighted by atomic mass is 19.1. The molecule has 2 aromatic rings. The second-order valence-corrected chi connectivity index (χ2v) is 7.81. The molecule has 0 saturated carbocycles. The number of hydrogen-bond donors (Lipinski definition) is 0. The van der Waals surface area contributed by atoms with Crippen molar-refractivity contribution in [2.75, 3.05) is 45.4 Å². The molecule has 0 radical (unpaired) electrons. The first kappa shape index (κ1) is 24.4. The molecule has 7 nitrogen and oxygen atoms in total. The molecule has 2 amide bonds. The number of methoxy groups -OCH3 is 2. The van der Waals surface area contributed by atoms with E-state index >= 15 is 0 Å². The highest BCUT2D eigenvalue weighted by molar-refractivity contribution is 6.45. The Kier molecular flexibility index (Phi) is 8.19. The van der Waals surface area contributed by atoms with Crippen molar-refractivity contribution in [1.29, 1.82) is 0 Å². The minimum absolute atomic E-state index is 0.000578. The number of carbonyl (C=O) groups excluding carboxylic acids is 2. The monoisotopic (exact) mass is 456 g/mol. The average molecular weight is 457 g/mol. The fourth-order valence-corrected chi connectivity index (χ4v) is 3.61. The van der Waals surface area contributed by atoms with Gasteiger partial charge in [0.1, 0.15) is 17.3 Å². The number of imide groups is 1. The van der Waals surface area contributed by atoms with Crippen LogP contribution < -0.4 is 9.64 Å². The van der Waals surface area contributed by atoms with Crippen LogP contribution in [0.3, 0.4) is 0 Å². The lowest BCUT2D eigenvalue weighted by atomic mass is 10.0. The smallest absolute Gasteiger partial charge is 0.282 e. The molecule has 0 N–H and O–H groups in total. The van der Waals surface area contributed by atoms with Crippen molar-refractivity contribution in [3.63, 3.8) is 0 Å². The van der Waals surface area contributed by atoms with Crippen molar-refractivity contribution in [3.8, 4) is 5.75 Å². The van der Waals surface area contributed by atoms with E-state index < -0.39 is 17.6 Å². The number of nitrogens with zero attached hydrogens (tertiary/aromatic N) is 2. The summed E-state index contributed by atoms with van der Waals surface area (Å²) in [5, 5.41) is 0. The summed E-state index contributed by atoms with van der Waals surface area (Å²) in [6, 6.07) is 12.3. The van der Waals surface area contributed by atoms with E-state index in [1.165, 1.54) is 24.3 Å². The summed E-state index contributed by atoms with van der Waals surface area (Å²) in [7, 11) is 3.14. The number of benzene rings is 2. The summed E-state index contributed by atoms with van der Waals surface area (Å²) in [6.45, 7) is 5.31. The van der Waals surface area contributed by atoms with Crippen molar-refractivity contribution in [2.45, 2.75) is 20.0 Å². The van der Waals surface area contributed by atoms with E-state index in [1.807, 2.05) is 13.8 Å². The van der Waals surface area contributed by atoms with E-state index in [4.69, 9.17) is 14.2 Å². The minimum Gasteiger partial charge on any atom is -0.491 e. The fraction of sp³-hybridized carbons (Fsp3) is 0.360. The van der Waals surface area contributed by atoms with Gasteiger partial charge in [-0.15, -0.1) is 0 Å². The van der Waals surface area contributed by atoms with Gasteiger partial charge in [-0.05, 0) is 55.8 Å². The van der Waals surface area contributed by atoms with E-state index in [0.29, 0.717) is 43.3 Å². The molecular formula is C25H29FN2O5. The molecule has 1 aliphatic heterocycles. The summed E-state index contributed by atoms with van der Waals surface area (Å²) in [6.07, 6.45) is -0.000578. The van der Waals surface area contributed by atoms with Gasteiger partial charge in [-0.1, -0.05) is 12.1 Å². The van der Waals surface area contributed by atoms with Crippen LogP contribution in [0.1, 0.15) is 19.4 Å². The van der Waals surface area contributed by atoms with Gasteiger partial charge in [0.05, 0.1) is 30.6 Å². The molecule has 0 spiro atoms. The molecule has 1 heterocycles. The van der Waals surface area contributed by atoms with Gasteiger partial charge in [0.2, 0.25) is 0 Å². The predicted molar refractivity (Wildman–Crippen MR) is 123 cm³/mol. The average Bonchev–Trinajstić information content (AvgIpc) is 3.05. The molecular weight excluding hydrogens is 427 g/mol. The Bertz CT molecular complexity index is 994. The second kappa shape index (κ2) is 11.1. The van der Waals surface area contributed by atoms with E-state index in [1.54, 1.807) is 43.4 Å². The standard InChI is InChI=1S/C25H29FN2O5/c1-17(2)33-21-11-9-20(10-12-21)28-24(29)22(18-5-7-19(26)8-6-18)23(25(28)30)27(13-15-31-3)14-16-32-4/h5-12,17H,13-16H2,1-4H3. The van der Waals surface area contributed by atoms with E-state index in [-0.39, 0.29) is 17.4 Å². The highest BCUT2D eigenvalue weighted by Crippen LogP contribution is 2.35. The Morgan fingerprint density at radius 2 is 1.45 bits per heavy atom. The zero-order valence-electron chi connectivity index (χ0n) is 19.3. The Morgan fingerprint density at radius 1 is 0.879 bits per heavy atom. The van der Waals surface area contributed by atoms with Crippen LogP contribution in [0.4, 0.5) is 10.1 Å². The lowest BCUT2D eigenvalue weighted by molar-refractivity contribution is -0.120. The maximum atomic E-state index is 13.6. The molecule has 0 aliphatic carbocycles. The van der Waals surface area contributed by atoms with Crippen molar-refractivity contribution in [1.82, 2.24) is 4.90 Å². The Labute approximate surface area is 193 Å². The normalized spacial score (nSPS) is 13.9. The van der Waals surface area contributed by atoms with E-state index in [2.05, 4.69) is 0 Å². The Hall–Kier alpha value is -3.23. The number of hydrogen-bond acceptors (Lipinski definition) is 6. The number of ether oxygens (including phenoxy) is 3. The molecule has 2 aromatic carbocycles. The summed E-state index contributed by atoms with van der Waals surface area (Å²) in [5.41, 5.74) is 1.35. The second-order valence-electron chi connectivity index (χ2n) is 7.81. The van der Waals surface area contributed by atoms with Gasteiger partial charge in [-0.3, -0.25) is 9.59 Å². The van der Waals surface area contributed by atoms with Crippen molar-refractivity contribution in [2.24, 2.45) is 0 Å². The first-order valence-electron chi connectivity index (χ1n) is 10.8. The largest absolute Gasteiger partial charge is 0.491 e. The Morgan fingerprint density at radius 3 is 1.97 bits per heavy atom. The van der Waals surface area contributed by atoms with Crippen molar-refractivity contribution >= 4 is 23.1 Å². The molecule has 8 heteroatoms. The van der Waals surface area contributed by atoms with Crippen LogP contribution in [0.25, 0.3) is 5.57 Å². The number of rotatable bonds is 11. The molecule has 0 unspecified atom stereocenters. The van der Waals surface area contributed by atoms with Crippen LogP contribution in [-0.4, -0.2) is 63.3 Å². The number of anilines is 1. The van der Waals surface area contributed by atoms with Gasteiger partial charge in [-0.2, -0.15) is 0 Å². The molecule has 1 aliphatic rings. The van der Waals surface area contributed by atoms with Crippen molar-refractivity contribution in [3.05, 3.63) is 65.6 Å². The molecule has 0 bridgehead atoms. The molecule has 0 saturated heterocycles. The Balaban J connectivity index is 2.05. The fourth-order valence-electron chi connectivity index (χ4n) is 3.61. The van der Waals surface area contributed by atoms with Gasteiger partial charge < -0.3 is 19.1 Å². The molecule has 0 atom stereocenters. The van der Waals surface area contributed by atoms with Crippen LogP contribution in [0.15, 0.2) is 54.2 Å². The van der Waals surface area contributed by atoms with Crippen molar-refractivity contribution < 1.29 is 28.2 Å².